The number of thiophene rings is 1. The number of nitro benzene ring substituents is 1. The first-order valence-corrected chi connectivity index (χ1v) is 12.4. The van der Waals surface area contributed by atoms with Gasteiger partial charge in [-0.05, 0) is 44.2 Å². The zero-order valence-electron chi connectivity index (χ0n) is 20.3. The highest BCUT2D eigenvalue weighted by atomic mass is 32.1. The number of hydrogen-bond acceptors (Lipinski definition) is 4. The highest BCUT2D eigenvalue weighted by Crippen LogP contribution is 2.38. The molecule has 0 saturated carbocycles. The molecule has 3 aromatic carbocycles. The zero-order valence-corrected chi connectivity index (χ0v) is 21.1. The normalized spacial score (nSPS) is 11.3. The summed E-state index contributed by atoms with van der Waals surface area (Å²) in [4.78, 5) is 18.1. The van der Waals surface area contributed by atoms with Crippen molar-refractivity contribution in [3.8, 4) is 33.2 Å². The summed E-state index contributed by atoms with van der Waals surface area (Å²) in [6.07, 6.45) is 3.71. The Balaban J connectivity index is 1.56. The predicted molar refractivity (Wildman–Crippen MR) is 149 cm³/mol. The number of rotatable bonds is 6. The molecule has 2 heterocycles. The van der Waals surface area contributed by atoms with E-state index in [4.69, 9.17) is 4.98 Å². The van der Waals surface area contributed by atoms with E-state index in [0.717, 1.165) is 38.1 Å². The molecule has 0 amide bonds. The van der Waals surface area contributed by atoms with Gasteiger partial charge in [0.2, 0.25) is 0 Å². The molecule has 5 aromatic rings. The Labute approximate surface area is 214 Å². The second-order valence-electron chi connectivity index (χ2n) is 8.77. The molecule has 0 bridgehead atoms. The minimum Gasteiger partial charge on any atom is -0.326 e. The second-order valence-corrected chi connectivity index (χ2v) is 9.89. The van der Waals surface area contributed by atoms with Crippen LogP contribution in [0.3, 0.4) is 0 Å². The Bertz CT molecular complexity index is 1580. The molecule has 178 valence electrons. The Hall–Kier alpha value is -4.29. The van der Waals surface area contributed by atoms with Crippen LogP contribution in [0.1, 0.15) is 21.6 Å². The lowest BCUT2D eigenvalue weighted by atomic mass is 10.0. The van der Waals surface area contributed by atoms with Crippen LogP contribution in [0, 0.1) is 24.0 Å². The maximum Gasteiger partial charge on any atom is 0.276 e. The van der Waals surface area contributed by atoms with Gasteiger partial charge in [0.1, 0.15) is 0 Å². The van der Waals surface area contributed by atoms with Gasteiger partial charge in [-0.25, -0.2) is 4.98 Å². The lowest BCUT2D eigenvalue weighted by Gasteiger charge is -2.08. The Morgan fingerprint density at radius 3 is 2.14 bits per heavy atom. The second kappa shape index (κ2) is 9.76. The summed E-state index contributed by atoms with van der Waals surface area (Å²) in [5.41, 5.74) is 7.31. The van der Waals surface area contributed by atoms with Gasteiger partial charge in [-0.1, -0.05) is 71.8 Å². The summed E-state index contributed by atoms with van der Waals surface area (Å²) in [6.45, 7) is 4.17. The standard InChI is InChI=1S/C30H25N3O2S/c1-20-8-12-23(13-9-20)28-29(24-14-10-21(2)11-15-24)32(3)30(31-28)27-19-18-25(36-27)17-16-22-6-4-5-7-26(22)33(34)35/h4-19H,1-3H3/b17-16+. The Morgan fingerprint density at radius 2 is 1.47 bits per heavy atom. The molecule has 0 aliphatic rings. The molecular formula is C30H25N3O2S. The molecule has 5 rings (SSSR count). The van der Waals surface area contributed by atoms with Crippen molar-refractivity contribution in [2.45, 2.75) is 13.8 Å². The van der Waals surface area contributed by atoms with E-state index in [1.807, 2.05) is 12.1 Å². The van der Waals surface area contributed by atoms with Crippen molar-refractivity contribution in [1.29, 1.82) is 0 Å². The van der Waals surface area contributed by atoms with Crippen LogP contribution in [0.25, 0.3) is 45.4 Å². The summed E-state index contributed by atoms with van der Waals surface area (Å²) in [5, 5.41) is 11.3. The fourth-order valence-electron chi connectivity index (χ4n) is 4.20. The topological polar surface area (TPSA) is 61.0 Å². The summed E-state index contributed by atoms with van der Waals surface area (Å²) >= 11 is 1.61. The maximum absolute atomic E-state index is 11.3. The highest BCUT2D eigenvalue weighted by Gasteiger charge is 2.20. The first-order chi connectivity index (χ1) is 17.4. The van der Waals surface area contributed by atoms with Crippen LogP contribution in [-0.2, 0) is 7.05 Å². The van der Waals surface area contributed by atoms with Gasteiger partial charge in [-0.3, -0.25) is 10.1 Å². The van der Waals surface area contributed by atoms with Crippen LogP contribution in [0.4, 0.5) is 5.69 Å². The van der Waals surface area contributed by atoms with Crippen LogP contribution in [0.2, 0.25) is 0 Å². The van der Waals surface area contributed by atoms with Crippen molar-refractivity contribution < 1.29 is 4.92 Å². The number of imidazole rings is 1. The molecule has 5 nitrogen and oxygen atoms in total. The quantitative estimate of drug-likeness (QED) is 0.178. The molecule has 0 spiro atoms. The lowest BCUT2D eigenvalue weighted by molar-refractivity contribution is -0.385. The van der Waals surface area contributed by atoms with Gasteiger partial charge in [0.05, 0.1) is 26.8 Å². The van der Waals surface area contributed by atoms with E-state index in [1.54, 1.807) is 35.6 Å². The van der Waals surface area contributed by atoms with Gasteiger partial charge in [-0.2, -0.15) is 0 Å². The number of benzene rings is 3. The number of hydrogen-bond donors (Lipinski definition) is 0. The number of nitrogens with zero attached hydrogens (tertiary/aromatic N) is 3. The van der Waals surface area contributed by atoms with E-state index < -0.39 is 0 Å². The van der Waals surface area contributed by atoms with Gasteiger partial charge in [-0.15, -0.1) is 11.3 Å². The first-order valence-electron chi connectivity index (χ1n) is 11.6. The van der Waals surface area contributed by atoms with Crippen LogP contribution in [-0.4, -0.2) is 14.5 Å². The average molecular weight is 492 g/mol. The summed E-state index contributed by atoms with van der Waals surface area (Å²) in [6, 6.07) is 27.8. The molecule has 0 saturated heterocycles. The molecule has 0 unspecified atom stereocenters. The van der Waals surface area contributed by atoms with E-state index in [1.165, 1.54) is 17.2 Å². The molecule has 0 radical (unpaired) electrons. The molecule has 2 aromatic heterocycles. The van der Waals surface area contributed by atoms with Crippen LogP contribution >= 0.6 is 11.3 Å². The Morgan fingerprint density at radius 1 is 0.833 bits per heavy atom. The van der Waals surface area contributed by atoms with E-state index in [-0.39, 0.29) is 10.6 Å². The molecule has 0 fully saturated rings. The number of aromatic nitrogens is 2. The minimum atomic E-state index is -0.355. The van der Waals surface area contributed by atoms with Crippen LogP contribution < -0.4 is 0 Å². The van der Waals surface area contributed by atoms with Gasteiger partial charge in [0.15, 0.2) is 5.82 Å². The molecular weight excluding hydrogens is 466 g/mol. The van der Waals surface area contributed by atoms with E-state index in [2.05, 4.69) is 80.1 Å². The molecule has 0 atom stereocenters. The third kappa shape index (κ3) is 4.63. The molecule has 6 heteroatoms. The zero-order chi connectivity index (χ0) is 25.2. The van der Waals surface area contributed by atoms with Gasteiger partial charge in [0, 0.05) is 29.1 Å². The minimum absolute atomic E-state index is 0.0973. The molecule has 0 N–H and O–H groups in total. The van der Waals surface area contributed by atoms with Crippen molar-refractivity contribution in [1.82, 2.24) is 9.55 Å². The fourth-order valence-corrected chi connectivity index (χ4v) is 5.14. The number of para-hydroxylation sites is 1. The van der Waals surface area contributed by atoms with Gasteiger partial charge >= 0.3 is 0 Å². The first kappa shape index (κ1) is 23.5. The average Bonchev–Trinajstić information content (AvgIpc) is 3.48. The monoisotopic (exact) mass is 491 g/mol. The van der Waals surface area contributed by atoms with Crippen molar-refractivity contribution in [3.63, 3.8) is 0 Å². The number of nitro groups is 1. The molecule has 0 aliphatic heterocycles. The fraction of sp³-hybridized carbons (Fsp3) is 0.100. The van der Waals surface area contributed by atoms with Gasteiger partial charge < -0.3 is 4.57 Å². The molecule has 36 heavy (non-hydrogen) atoms. The lowest BCUT2D eigenvalue weighted by Crippen LogP contribution is -1.95. The Kier molecular flexibility index (Phi) is 6.36. The SMILES string of the molecule is Cc1ccc(-c2nc(-c3ccc(/C=C/c4ccccc4[N+](=O)[O-])s3)n(C)c2-c2ccc(C)cc2)cc1. The smallest absolute Gasteiger partial charge is 0.276 e. The van der Waals surface area contributed by atoms with Crippen LogP contribution in [0.5, 0.6) is 0 Å². The third-order valence-electron chi connectivity index (χ3n) is 6.15. The van der Waals surface area contributed by atoms with Crippen molar-refractivity contribution in [3.05, 3.63) is 117 Å². The number of aryl methyl sites for hydroxylation is 2. The summed E-state index contributed by atoms with van der Waals surface area (Å²) in [5.74, 6) is 0.886. The van der Waals surface area contributed by atoms with Crippen molar-refractivity contribution in [2.24, 2.45) is 7.05 Å². The van der Waals surface area contributed by atoms with E-state index in [9.17, 15) is 10.1 Å². The van der Waals surface area contributed by atoms with E-state index >= 15 is 0 Å². The highest BCUT2D eigenvalue weighted by molar-refractivity contribution is 7.16. The summed E-state index contributed by atoms with van der Waals surface area (Å²) in [7, 11) is 2.05. The predicted octanol–water partition coefficient (Wildman–Crippen LogP) is 8.18. The van der Waals surface area contributed by atoms with Crippen LogP contribution in [0.15, 0.2) is 84.9 Å². The van der Waals surface area contributed by atoms with Crippen molar-refractivity contribution in [2.75, 3.05) is 0 Å². The summed E-state index contributed by atoms with van der Waals surface area (Å²) < 4.78 is 2.15. The maximum atomic E-state index is 11.3. The van der Waals surface area contributed by atoms with Gasteiger partial charge in [0.25, 0.3) is 5.69 Å². The van der Waals surface area contributed by atoms with E-state index in [0.29, 0.717) is 5.56 Å². The van der Waals surface area contributed by atoms with Crippen molar-refractivity contribution >= 4 is 29.2 Å². The molecule has 0 aliphatic carbocycles. The third-order valence-corrected chi connectivity index (χ3v) is 7.20. The largest absolute Gasteiger partial charge is 0.326 e.